The zero-order chi connectivity index (χ0) is 22.6. The number of hydrogen-bond acceptors (Lipinski definition) is 3. The Morgan fingerprint density at radius 3 is 2.45 bits per heavy atom. The Morgan fingerprint density at radius 1 is 1.10 bits per heavy atom. The number of fused-ring (bicyclic) bond motifs is 2. The first-order chi connectivity index (χ1) is 14.6. The van der Waals surface area contributed by atoms with Crippen molar-refractivity contribution in [3.63, 3.8) is 0 Å². The van der Waals surface area contributed by atoms with Gasteiger partial charge in [0, 0.05) is 34.1 Å². The van der Waals surface area contributed by atoms with Gasteiger partial charge in [-0.1, -0.05) is 69.1 Å². The van der Waals surface area contributed by atoms with Gasteiger partial charge in [0.05, 0.1) is 6.04 Å². The summed E-state index contributed by atoms with van der Waals surface area (Å²) in [6.45, 7) is 8.33. The Bertz CT molecular complexity index is 1050. The van der Waals surface area contributed by atoms with Gasteiger partial charge in [-0.05, 0) is 47.2 Å². The maximum atomic E-state index is 13.8. The Morgan fingerprint density at radius 2 is 1.81 bits per heavy atom. The van der Waals surface area contributed by atoms with Crippen LogP contribution in [-0.2, 0) is 15.0 Å². The molecule has 2 aliphatic heterocycles. The zero-order valence-corrected chi connectivity index (χ0v) is 19.8. The molecular weight excluding hydrogens is 431 g/mol. The minimum absolute atomic E-state index is 0.0524. The van der Waals surface area contributed by atoms with Crippen LogP contribution < -0.4 is 10.6 Å². The molecule has 2 aromatic carbocycles. The molecule has 0 saturated carbocycles. The monoisotopic (exact) mass is 458 g/mol. The quantitative estimate of drug-likeness (QED) is 0.615. The van der Waals surface area contributed by atoms with Gasteiger partial charge in [-0.3, -0.25) is 9.59 Å². The summed E-state index contributed by atoms with van der Waals surface area (Å²) >= 11 is 12.6. The molecule has 0 bridgehead atoms. The molecule has 4 nitrogen and oxygen atoms in total. The molecule has 31 heavy (non-hydrogen) atoms. The number of hydrogen-bond donors (Lipinski definition) is 2. The van der Waals surface area contributed by atoms with Crippen LogP contribution in [0.1, 0.15) is 57.6 Å². The molecule has 0 aromatic heterocycles. The Balaban J connectivity index is 2.00. The van der Waals surface area contributed by atoms with Crippen molar-refractivity contribution in [1.82, 2.24) is 5.32 Å². The van der Waals surface area contributed by atoms with E-state index in [1.54, 1.807) is 6.07 Å². The normalized spacial score (nSPS) is 27.4. The lowest BCUT2D eigenvalue weighted by atomic mass is 9.62. The van der Waals surface area contributed by atoms with Crippen LogP contribution >= 0.6 is 23.2 Å². The molecule has 0 radical (unpaired) electrons. The second-order valence-corrected chi connectivity index (χ2v) is 10.7. The molecule has 4 atom stereocenters. The summed E-state index contributed by atoms with van der Waals surface area (Å²) in [5, 5.41) is 7.82. The number of amides is 1. The first kappa shape index (κ1) is 22.3. The minimum atomic E-state index is -0.937. The number of carbonyl (C=O) groups excluding carboxylic acids is 2. The van der Waals surface area contributed by atoms with Gasteiger partial charge in [0.2, 0.25) is 5.91 Å². The van der Waals surface area contributed by atoms with Gasteiger partial charge in [-0.2, -0.15) is 0 Å². The van der Waals surface area contributed by atoms with E-state index in [2.05, 4.69) is 31.4 Å². The van der Waals surface area contributed by atoms with Gasteiger partial charge in [0.15, 0.2) is 0 Å². The molecule has 6 heteroatoms. The van der Waals surface area contributed by atoms with Crippen LogP contribution in [0.3, 0.4) is 0 Å². The number of rotatable bonds is 4. The van der Waals surface area contributed by atoms with E-state index in [1.165, 1.54) is 0 Å². The highest BCUT2D eigenvalue weighted by atomic mass is 35.5. The molecule has 0 aliphatic carbocycles. The molecule has 4 rings (SSSR count). The topological polar surface area (TPSA) is 58.2 Å². The minimum Gasteiger partial charge on any atom is -0.325 e. The molecule has 1 spiro atoms. The molecule has 2 heterocycles. The number of Topliss-reactive ketones (excluding diaryl/α,β-unsaturated/α-hetero) is 1. The van der Waals surface area contributed by atoms with Gasteiger partial charge in [-0.25, -0.2) is 0 Å². The molecule has 1 fully saturated rings. The predicted molar refractivity (Wildman–Crippen MR) is 126 cm³/mol. The van der Waals surface area contributed by atoms with E-state index in [9.17, 15) is 9.59 Å². The van der Waals surface area contributed by atoms with Gasteiger partial charge < -0.3 is 10.6 Å². The van der Waals surface area contributed by atoms with Crippen LogP contribution in [-0.4, -0.2) is 23.8 Å². The summed E-state index contributed by atoms with van der Waals surface area (Å²) in [6.07, 6.45) is 1.12. The number of carbonyl (C=O) groups is 2. The summed E-state index contributed by atoms with van der Waals surface area (Å²) in [7, 11) is 0. The Kier molecular flexibility index (Phi) is 5.70. The maximum absolute atomic E-state index is 13.8. The fraction of sp³-hybridized carbons (Fsp3) is 0.440. The zero-order valence-electron chi connectivity index (χ0n) is 18.3. The Labute approximate surface area is 193 Å². The first-order valence-electron chi connectivity index (χ1n) is 10.7. The lowest BCUT2D eigenvalue weighted by Gasteiger charge is -2.37. The van der Waals surface area contributed by atoms with Crippen molar-refractivity contribution in [3.8, 4) is 0 Å². The molecule has 2 aliphatic rings. The average Bonchev–Trinajstić information content (AvgIpc) is 3.15. The lowest BCUT2D eigenvalue weighted by Crippen LogP contribution is -2.49. The Hall–Kier alpha value is -1.88. The molecular formula is C25H28Cl2N2O2. The average molecular weight is 459 g/mol. The standard InChI is InChI=1S/C25H28Cl2N2O2/c1-5-19(30)22-21(14-7-6-8-15(26)11-14)25(20(29-22)13-24(2,3)4)17-10-9-16(27)12-18(17)28-23(25)31/h6-12,20-22,29H,5,13H2,1-4H3,(H,28,31)/t20-,21-,22-,25+/m0/s1. The van der Waals surface area contributed by atoms with Crippen molar-refractivity contribution in [3.05, 3.63) is 63.6 Å². The molecule has 164 valence electrons. The summed E-state index contributed by atoms with van der Waals surface area (Å²) in [5.41, 5.74) is 1.51. The van der Waals surface area contributed by atoms with E-state index in [0.29, 0.717) is 16.5 Å². The van der Waals surface area contributed by atoms with E-state index < -0.39 is 11.5 Å². The smallest absolute Gasteiger partial charge is 0.237 e. The number of halogens is 2. The second kappa shape index (κ2) is 7.91. The maximum Gasteiger partial charge on any atom is 0.237 e. The lowest BCUT2D eigenvalue weighted by molar-refractivity contribution is -0.122. The van der Waals surface area contributed by atoms with Gasteiger partial charge in [-0.15, -0.1) is 0 Å². The van der Waals surface area contributed by atoms with E-state index in [-0.39, 0.29) is 29.1 Å². The van der Waals surface area contributed by atoms with E-state index >= 15 is 0 Å². The van der Waals surface area contributed by atoms with Crippen molar-refractivity contribution < 1.29 is 9.59 Å². The summed E-state index contributed by atoms with van der Waals surface area (Å²) in [5.74, 6) is -0.382. The third-order valence-electron chi connectivity index (χ3n) is 6.53. The number of nitrogens with one attached hydrogen (secondary N) is 2. The molecule has 1 saturated heterocycles. The van der Waals surface area contributed by atoms with Crippen molar-refractivity contribution in [2.75, 3.05) is 5.32 Å². The number of ketones is 1. The molecule has 0 unspecified atom stereocenters. The first-order valence-corrected chi connectivity index (χ1v) is 11.5. The van der Waals surface area contributed by atoms with Crippen LogP contribution in [0.25, 0.3) is 0 Å². The van der Waals surface area contributed by atoms with Crippen LogP contribution in [0.4, 0.5) is 5.69 Å². The van der Waals surface area contributed by atoms with Crippen molar-refractivity contribution >= 4 is 40.6 Å². The largest absolute Gasteiger partial charge is 0.325 e. The third-order valence-corrected chi connectivity index (χ3v) is 7.00. The summed E-state index contributed by atoms with van der Waals surface area (Å²) < 4.78 is 0. The summed E-state index contributed by atoms with van der Waals surface area (Å²) in [6, 6.07) is 12.4. The van der Waals surface area contributed by atoms with E-state index in [1.807, 2.05) is 43.3 Å². The van der Waals surface area contributed by atoms with Crippen LogP contribution in [0.5, 0.6) is 0 Å². The van der Waals surface area contributed by atoms with E-state index in [0.717, 1.165) is 23.2 Å². The van der Waals surface area contributed by atoms with Crippen molar-refractivity contribution in [2.24, 2.45) is 5.41 Å². The number of benzene rings is 2. The number of anilines is 1. The highest BCUT2D eigenvalue weighted by Gasteiger charge is 2.65. The van der Waals surface area contributed by atoms with Gasteiger partial charge in [0.1, 0.15) is 11.2 Å². The van der Waals surface area contributed by atoms with Crippen molar-refractivity contribution in [2.45, 2.75) is 64.0 Å². The fourth-order valence-electron chi connectivity index (χ4n) is 5.39. The van der Waals surface area contributed by atoms with Crippen LogP contribution in [0.2, 0.25) is 10.0 Å². The molecule has 2 aromatic rings. The summed E-state index contributed by atoms with van der Waals surface area (Å²) in [4.78, 5) is 27.0. The van der Waals surface area contributed by atoms with Gasteiger partial charge >= 0.3 is 0 Å². The molecule has 1 amide bonds. The van der Waals surface area contributed by atoms with Crippen LogP contribution in [0, 0.1) is 5.41 Å². The fourth-order valence-corrected chi connectivity index (χ4v) is 5.76. The highest BCUT2D eigenvalue weighted by molar-refractivity contribution is 6.31. The van der Waals surface area contributed by atoms with Crippen molar-refractivity contribution in [1.29, 1.82) is 0 Å². The third kappa shape index (κ3) is 3.69. The SMILES string of the molecule is CCC(=O)[C@@H]1N[C@@H](CC(C)(C)C)[C@@]2(C(=O)Nc3cc(Cl)ccc32)[C@H]1c1cccc(Cl)c1. The van der Waals surface area contributed by atoms with Gasteiger partial charge in [0.25, 0.3) is 0 Å². The second-order valence-electron chi connectivity index (χ2n) is 9.83. The predicted octanol–water partition coefficient (Wildman–Crippen LogP) is 5.72. The highest BCUT2D eigenvalue weighted by Crippen LogP contribution is 2.56. The molecule has 2 N–H and O–H groups in total. The van der Waals surface area contributed by atoms with E-state index in [4.69, 9.17) is 23.2 Å². The van der Waals surface area contributed by atoms with Crippen LogP contribution in [0.15, 0.2) is 42.5 Å².